The zero-order chi connectivity index (χ0) is 20.0. The lowest BCUT2D eigenvalue weighted by Crippen LogP contribution is -2.67. The standard InChI is InChI=1S/C12H15B3F6N2O2/c1-9(2,3)23-5-4-22(6(13)7(23)14)8(24)25-10(15,11(16,17)18)12(19,20)21/h6-7H,4-5H2,1-3H3. The average Bonchev–Trinajstić information content (AvgIpc) is 2.37. The van der Waals surface area contributed by atoms with Crippen molar-refractivity contribution >= 4 is 29.6 Å². The number of amides is 1. The Labute approximate surface area is 145 Å². The van der Waals surface area contributed by atoms with Crippen LogP contribution in [0.1, 0.15) is 20.8 Å². The van der Waals surface area contributed by atoms with Gasteiger partial charge < -0.3 is 14.5 Å². The Morgan fingerprint density at radius 2 is 1.40 bits per heavy atom. The van der Waals surface area contributed by atoms with Crippen LogP contribution in [0.4, 0.5) is 31.1 Å². The fourth-order valence-corrected chi connectivity index (χ4v) is 2.35. The third kappa shape index (κ3) is 4.23. The number of carbonyl (C=O) groups excluding carboxylic acids is 1. The highest BCUT2D eigenvalue weighted by Crippen LogP contribution is 2.44. The molecule has 0 saturated carbocycles. The maximum absolute atomic E-state index is 12.7. The second-order valence-corrected chi connectivity index (χ2v) is 6.64. The van der Waals surface area contributed by atoms with Gasteiger partial charge in [0, 0.05) is 24.6 Å². The van der Waals surface area contributed by atoms with Gasteiger partial charge in [0.2, 0.25) is 0 Å². The summed E-state index contributed by atoms with van der Waals surface area (Å²) in [5.41, 5.74) is -5.63. The molecular weight excluding hydrogens is 351 g/mol. The van der Waals surface area contributed by atoms with Crippen LogP contribution in [-0.4, -0.2) is 87.8 Å². The monoisotopic (exact) mass is 366 g/mol. The summed E-state index contributed by atoms with van der Waals surface area (Å²) >= 11 is 0. The van der Waals surface area contributed by atoms with Crippen LogP contribution in [0.5, 0.6) is 0 Å². The van der Waals surface area contributed by atoms with Gasteiger partial charge in [-0.25, -0.2) is 4.79 Å². The number of halogens is 6. The molecule has 1 fully saturated rings. The number of nitrogens with zero attached hydrogens (tertiary/aromatic N) is 2. The lowest BCUT2D eigenvalue weighted by molar-refractivity contribution is -0.331. The summed E-state index contributed by atoms with van der Waals surface area (Å²) in [6, 6.07) is 0. The van der Waals surface area contributed by atoms with Crippen LogP contribution >= 0.6 is 0 Å². The third-order valence-electron chi connectivity index (χ3n) is 3.84. The van der Waals surface area contributed by atoms with Crippen LogP contribution in [0.15, 0.2) is 0 Å². The smallest absolute Gasteiger partial charge is 0.427 e. The summed E-state index contributed by atoms with van der Waals surface area (Å²) in [6.45, 7) is 5.14. The quantitative estimate of drug-likeness (QED) is 0.522. The molecule has 1 amide bonds. The van der Waals surface area contributed by atoms with Crippen LogP contribution in [0.3, 0.4) is 0 Å². The molecule has 2 unspecified atom stereocenters. The van der Waals surface area contributed by atoms with E-state index >= 15 is 0 Å². The maximum Gasteiger partial charge on any atom is 0.427 e. The minimum absolute atomic E-state index is 0.0725. The van der Waals surface area contributed by atoms with Crippen molar-refractivity contribution in [1.82, 2.24) is 9.80 Å². The van der Waals surface area contributed by atoms with Crippen molar-refractivity contribution in [2.24, 2.45) is 0 Å². The minimum Gasteiger partial charge on any atom is -0.434 e. The van der Waals surface area contributed by atoms with E-state index in [9.17, 15) is 31.1 Å². The maximum atomic E-state index is 12.7. The number of carbonyl (C=O) groups is 1. The van der Waals surface area contributed by atoms with E-state index in [0.717, 1.165) is 0 Å². The zero-order valence-corrected chi connectivity index (χ0v) is 13.8. The number of hydrogen-bond donors (Lipinski definition) is 0. The molecule has 25 heavy (non-hydrogen) atoms. The molecule has 0 aromatic carbocycles. The molecule has 0 aromatic rings. The van der Waals surface area contributed by atoms with Crippen LogP contribution < -0.4 is 0 Å². The summed E-state index contributed by atoms with van der Waals surface area (Å²) < 4.78 is 79.9. The first-order valence-electron chi connectivity index (χ1n) is 7.13. The van der Waals surface area contributed by atoms with Crippen LogP contribution in [0.25, 0.3) is 0 Å². The van der Waals surface area contributed by atoms with Crippen molar-refractivity contribution in [2.45, 2.75) is 56.0 Å². The molecule has 1 heterocycles. The van der Waals surface area contributed by atoms with E-state index < -0.39 is 41.4 Å². The summed E-state index contributed by atoms with van der Waals surface area (Å²) in [6.07, 6.45) is -14.1. The van der Waals surface area contributed by atoms with Crippen molar-refractivity contribution in [2.75, 3.05) is 13.1 Å². The van der Waals surface area contributed by atoms with Gasteiger partial charge in [-0.15, -0.1) is 0 Å². The lowest BCUT2D eigenvalue weighted by Gasteiger charge is -2.51. The molecule has 1 aliphatic heterocycles. The predicted molar refractivity (Wildman–Crippen MR) is 79.3 cm³/mol. The van der Waals surface area contributed by atoms with Gasteiger partial charge in [-0.1, -0.05) is 0 Å². The largest absolute Gasteiger partial charge is 0.434 e. The number of alkyl halides is 6. The highest BCUT2D eigenvalue weighted by molar-refractivity contribution is 6.22. The molecule has 2 atom stereocenters. The van der Waals surface area contributed by atoms with Gasteiger partial charge in [0.05, 0.1) is 7.85 Å². The Bertz CT molecular complexity index is 495. The Hall–Kier alpha value is -0.995. The molecular formula is C12H15B3F6N2O2. The Morgan fingerprint density at radius 3 is 1.76 bits per heavy atom. The molecule has 1 rings (SSSR count). The van der Waals surface area contributed by atoms with E-state index in [1.165, 1.54) is 0 Å². The van der Waals surface area contributed by atoms with Gasteiger partial charge in [-0.05, 0) is 26.7 Å². The Morgan fingerprint density at radius 1 is 0.960 bits per heavy atom. The van der Waals surface area contributed by atoms with Crippen molar-refractivity contribution < 1.29 is 35.9 Å². The molecule has 136 valence electrons. The van der Waals surface area contributed by atoms with E-state index in [0.29, 0.717) is 4.90 Å². The zero-order valence-electron chi connectivity index (χ0n) is 13.8. The summed E-state index contributed by atoms with van der Waals surface area (Å²) in [5.74, 6) is -2.41. The molecule has 0 spiro atoms. The van der Waals surface area contributed by atoms with E-state index in [2.05, 4.69) is 12.6 Å². The van der Waals surface area contributed by atoms with Crippen molar-refractivity contribution in [3.8, 4) is 0 Å². The van der Waals surface area contributed by atoms with Gasteiger partial charge in [0.1, 0.15) is 7.85 Å². The van der Waals surface area contributed by atoms with Gasteiger partial charge in [-0.2, -0.15) is 26.3 Å². The normalized spacial score (nSPS) is 24.3. The Balaban J connectivity index is 3.01. The summed E-state index contributed by atoms with van der Waals surface area (Å²) in [7, 11) is 15.9. The van der Waals surface area contributed by atoms with Crippen molar-refractivity contribution in [3.05, 3.63) is 0 Å². The van der Waals surface area contributed by atoms with Crippen molar-refractivity contribution in [3.63, 3.8) is 0 Å². The van der Waals surface area contributed by atoms with Crippen LogP contribution in [0, 0.1) is 0 Å². The second kappa shape index (κ2) is 6.62. The van der Waals surface area contributed by atoms with Crippen LogP contribution in [0.2, 0.25) is 0 Å². The first-order valence-corrected chi connectivity index (χ1v) is 7.13. The lowest BCUT2D eigenvalue weighted by atomic mass is 9.72. The molecule has 6 radical (unpaired) electrons. The van der Waals surface area contributed by atoms with Gasteiger partial charge in [0.15, 0.2) is 7.85 Å². The van der Waals surface area contributed by atoms with E-state index in [-0.39, 0.29) is 13.1 Å². The van der Waals surface area contributed by atoms with E-state index in [4.69, 9.17) is 15.7 Å². The number of ether oxygens (including phenoxy) is 1. The van der Waals surface area contributed by atoms with E-state index in [1.807, 2.05) is 0 Å². The third-order valence-corrected chi connectivity index (χ3v) is 3.84. The molecule has 0 bridgehead atoms. The molecule has 0 aromatic heterocycles. The van der Waals surface area contributed by atoms with Gasteiger partial charge in [0.25, 0.3) is 5.50 Å². The summed E-state index contributed by atoms with van der Waals surface area (Å²) in [4.78, 5) is 14.0. The highest BCUT2D eigenvalue weighted by Gasteiger charge is 2.70. The summed E-state index contributed by atoms with van der Waals surface area (Å²) in [5, 5.41) is 0. The fourth-order valence-electron chi connectivity index (χ4n) is 2.35. The number of hydrogen-bond acceptors (Lipinski definition) is 3. The molecule has 13 heteroatoms. The van der Waals surface area contributed by atoms with Gasteiger partial charge in [-0.3, -0.25) is 0 Å². The number of piperazine rings is 1. The number of rotatable bonds is 1. The average molecular weight is 366 g/mol. The minimum atomic E-state index is -6.07. The predicted octanol–water partition coefficient (Wildman–Crippen LogP) is 1.52. The van der Waals surface area contributed by atoms with Gasteiger partial charge >= 0.3 is 18.4 Å². The molecule has 4 nitrogen and oxygen atoms in total. The van der Waals surface area contributed by atoms with E-state index in [1.54, 1.807) is 25.7 Å². The van der Waals surface area contributed by atoms with Crippen molar-refractivity contribution in [1.29, 1.82) is 0 Å². The SMILES string of the molecule is [B]C1C([B])N(C(C)(C)C)CCN1C(=O)OC([B])(C(F)(F)F)C(F)(F)F. The topological polar surface area (TPSA) is 32.8 Å². The first kappa shape index (κ1) is 22.0. The highest BCUT2D eigenvalue weighted by atomic mass is 19.4. The molecule has 1 aliphatic rings. The second-order valence-electron chi connectivity index (χ2n) is 6.64. The molecule has 0 aliphatic carbocycles. The molecule has 1 saturated heterocycles. The molecule has 0 N–H and O–H groups in total. The fraction of sp³-hybridized carbons (Fsp3) is 0.917. The van der Waals surface area contributed by atoms with Crippen LogP contribution in [-0.2, 0) is 4.74 Å². The first-order chi connectivity index (χ1) is 10.9. The Kier molecular flexibility index (Phi) is 5.84.